The Morgan fingerprint density at radius 3 is 2.32 bits per heavy atom. The summed E-state index contributed by atoms with van der Waals surface area (Å²) in [7, 11) is 1.82. The van der Waals surface area contributed by atoms with Crippen molar-refractivity contribution in [2.24, 2.45) is 4.99 Å². The Bertz CT molecular complexity index is 435. The van der Waals surface area contributed by atoms with E-state index in [2.05, 4.69) is 72.5 Å². The first-order chi connectivity index (χ1) is 10.6. The quantitative estimate of drug-likeness (QED) is 0.573. The number of likely N-dealkylation sites (N-methyl/N-ethyl adjacent to an activating group) is 1. The van der Waals surface area contributed by atoms with Crippen LogP contribution in [0.15, 0.2) is 29.3 Å². The molecule has 0 saturated carbocycles. The van der Waals surface area contributed by atoms with Gasteiger partial charge in [-0.25, -0.2) is 0 Å². The minimum Gasteiger partial charge on any atom is -0.356 e. The second kappa shape index (κ2) is 10.2. The first kappa shape index (κ1) is 18.5. The Morgan fingerprint density at radius 2 is 1.77 bits per heavy atom. The summed E-state index contributed by atoms with van der Waals surface area (Å²) in [5.74, 6) is 1.34. The van der Waals surface area contributed by atoms with Crippen molar-refractivity contribution in [3.05, 3.63) is 35.4 Å². The van der Waals surface area contributed by atoms with Crippen molar-refractivity contribution < 1.29 is 0 Å². The van der Waals surface area contributed by atoms with E-state index in [1.54, 1.807) is 0 Å². The molecule has 1 aromatic rings. The van der Waals surface area contributed by atoms with Crippen LogP contribution in [-0.4, -0.2) is 50.6 Å². The summed E-state index contributed by atoms with van der Waals surface area (Å²) in [6, 6.07) is 8.75. The molecule has 4 nitrogen and oxygen atoms in total. The van der Waals surface area contributed by atoms with Crippen LogP contribution >= 0.6 is 0 Å². The van der Waals surface area contributed by atoms with Gasteiger partial charge >= 0.3 is 0 Å². The van der Waals surface area contributed by atoms with Crippen molar-refractivity contribution in [1.29, 1.82) is 0 Å². The van der Waals surface area contributed by atoms with Crippen molar-refractivity contribution in [3.8, 4) is 0 Å². The van der Waals surface area contributed by atoms with Gasteiger partial charge in [-0.3, -0.25) is 4.99 Å². The van der Waals surface area contributed by atoms with E-state index >= 15 is 0 Å². The van der Waals surface area contributed by atoms with E-state index < -0.39 is 0 Å². The van der Waals surface area contributed by atoms with Gasteiger partial charge in [-0.1, -0.05) is 50.6 Å². The van der Waals surface area contributed by atoms with Crippen molar-refractivity contribution in [2.45, 2.75) is 33.6 Å². The highest BCUT2D eigenvalue weighted by atomic mass is 15.2. The molecule has 0 radical (unpaired) electrons. The third-order valence-electron chi connectivity index (χ3n) is 4.06. The number of nitrogens with zero attached hydrogens (tertiary/aromatic N) is 2. The monoisotopic (exact) mass is 304 g/mol. The fraction of sp³-hybridized carbons (Fsp3) is 0.611. The van der Waals surface area contributed by atoms with Gasteiger partial charge in [0.25, 0.3) is 0 Å². The Hall–Kier alpha value is -1.55. The van der Waals surface area contributed by atoms with E-state index in [-0.39, 0.29) is 0 Å². The average molecular weight is 304 g/mol. The van der Waals surface area contributed by atoms with Gasteiger partial charge in [-0.05, 0) is 31.5 Å². The molecule has 1 atom stereocenters. The molecule has 1 rings (SSSR count). The Kier molecular flexibility index (Phi) is 8.60. The van der Waals surface area contributed by atoms with Crippen LogP contribution in [0.25, 0.3) is 0 Å². The van der Waals surface area contributed by atoms with Crippen molar-refractivity contribution in [2.75, 3.05) is 39.8 Å². The minimum absolute atomic E-state index is 0.460. The van der Waals surface area contributed by atoms with E-state index in [0.29, 0.717) is 5.92 Å². The largest absolute Gasteiger partial charge is 0.356 e. The third kappa shape index (κ3) is 6.48. The number of nitrogens with one attached hydrogen (secondary N) is 2. The predicted molar refractivity (Wildman–Crippen MR) is 96.7 cm³/mol. The predicted octanol–water partition coefficient (Wildman–Crippen LogP) is 2.61. The van der Waals surface area contributed by atoms with Crippen LogP contribution in [-0.2, 0) is 0 Å². The van der Waals surface area contributed by atoms with Crippen LogP contribution in [0.1, 0.15) is 37.8 Å². The fourth-order valence-corrected chi connectivity index (χ4v) is 2.36. The number of aryl methyl sites for hydroxylation is 1. The highest BCUT2D eigenvalue weighted by molar-refractivity contribution is 5.79. The SMILES string of the molecule is CCN(CC)CCNC(=NC)NCC(C)c1ccc(C)cc1. The molecule has 0 amide bonds. The number of rotatable bonds is 8. The molecule has 0 aliphatic heterocycles. The van der Waals surface area contributed by atoms with Gasteiger partial charge in [0.15, 0.2) is 5.96 Å². The van der Waals surface area contributed by atoms with Gasteiger partial charge in [0.05, 0.1) is 0 Å². The maximum absolute atomic E-state index is 4.29. The zero-order valence-corrected chi connectivity index (χ0v) is 14.8. The first-order valence-electron chi connectivity index (χ1n) is 8.34. The second-order valence-corrected chi connectivity index (χ2v) is 5.72. The zero-order valence-electron chi connectivity index (χ0n) is 14.8. The molecule has 0 saturated heterocycles. The molecule has 0 aliphatic carbocycles. The van der Waals surface area contributed by atoms with E-state index in [0.717, 1.165) is 38.7 Å². The fourth-order valence-electron chi connectivity index (χ4n) is 2.36. The lowest BCUT2D eigenvalue weighted by Crippen LogP contribution is -2.42. The van der Waals surface area contributed by atoms with E-state index in [1.807, 2.05) is 7.05 Å². The van der Waals surface area contributed by atoms with E-state index in [9.17, 15) is 0 Å². The minimum atomic E-state index is 0.460. The summed E-state index contributed by atoms with van der Waals surface area (Å²) in [5, 5.41) is 6.79. The van der Waals surface area contributed by atoms with Gasteiger partial charge in [0.1, 0.15) is 0 Å². The van der Waals surface area contributed by atoms with Gasteiger partial charge in [-0.2, -0.15) is 0 Å². The molecule has 1 unspecified atom stereocenters. The Labute approximate surface area is 136 Å². The van der Waals surface area contributed by atoms with Gasteiger partial charge in [0, 0.05) is 26.7 Å². The van der Waals surface area contributed by atoms with Crippen LogP contribution in [0.3, 0.4) is 0 Å². The lowest BCUT2D eigenvalue weighted by Gasteiger charge is -2.20. The van der Waals surface area contributed by atoms with Gasteiger partial charge in [-0.15, -0.1) is 0 Å². The van der Waals surface area contributed by atoms with Crippen molar-refractivity contribution in [3.63, 3.8) is 0 Å². The summed E-state index contributed by atoms with van der Waals surface area (Å²) in [6.07, 6.45) is 0. The highest BCUT2D eigenvalue weighted by Crippen LogP contribution is 2.14. The topological polar surface area (TPSA) is 39.7 Å². The summed E-state index contributed by atoms with van der Waals surface area (Å²) < 4.78 is 0. The molecule has 22 heavy (non-hydrogen) atoms. The second-order valence-electron chi connectivity index (χ2n) is 5.72. The van der Waals surface area contributed by atoms with E-state index in [4.69, 9.17) is 0 Å². The van der Waals surface area contributed by atoms with Crippen LogP contribution in [0.2, 0.25) is 0 Å². The lowest BCUT2D eigenvalue weighted by molar-refractivity contribution is 0.308. The molecule has 0 aromatic heterocycles. The summed E-state index contributed by atoms with van der Waals surface area (Å²) in [5.41, 5.74) is 2.66. The van der Waals surface area contributed by atoms with Crippen LogP contribution in [0.5, 0.6) is 0 Å². The molecule has 4 heteroatoms. The molecule has 0 aliphatic rings. The standard InChI is InChI=1S/C18H32N4/c1-6-22(7-2)13-12-20-18(19-5)21-14-16(4)17-10-8-15(3)9-11-17/h8-11,16H,6-7,12-14H2,1-5H3,(H2,19,20,21). The van der Waals surface area contributed by atoms with Crippen molar-refractivity contribution >= 4 is 5.96 Å². The zero-order chi connectivity index (χ0) is 16.4. The van der Waals surface area contributed by atoms with Crippen LogP contribution in [0.4, 0.5) is 0 Å². The molecule has 0 heterocycles. The maximum Gasteiger partial charge on any atom is 0.191 e. The van der Waals surface area contributed by atoms with Crippen LogP contribution in [0, 0.1) is 6.92 Å². The van der Waals surface area contributed by atoms with Gasteiger partial charge < -0.3 is 15.5 Å². The Morgan fingerprint density at radius 1 is 1.14 bits per heavy atom. The third-order valence-corrected chi connectivity index (χ3v) is 4.06. The first-order valence-corrected chi connectivity index (χ1v) is 8.34. The number of aliphatic imine (C=N–C) groups is 1. The summed E-state index contributed by atoms with van der Waals surface area (Å²) in [4.78, 5) is 6.69. The summed E-state index contributed by atoms with van der Waals surface area (Å²) in [6.45, 7) is 13.8. The molecular weight excluding hydrogens is 272 g/mol. The molecular formula is C18H32N4. The normalized spacial score (nSPS) is 13.3. The number of hydrogen-bond acceptors (Lipinski definition) is 2. The Balaban J connectivity index is 2.35. The molecule has 0 fully saturated rings. The molecule has 0 spiro atoms. The summed E-state index contributed by atoms with van der Waals surface area (Å²) >= 11 is 0. The molecule has 124 valence electrons. The molecule has 0 bridgehead atoms. The highest BCUT2D eigenvalue weighted by Gasteiger charge is 2.06. The smallest absolute Gasteiger partial charge is 0.191 e. The van der Waals surface area contributed by atoms with Crippen LogP contribution < -0.4 is 10.6 Å². The average Bonchev–Trinajstić information content (AvgIpc) is 2.54. The van der Waals surface area contributed by atoms with Crippen molar-refractivity contribution in [1.82, 2.24) is 15.5 Å². The lowest BCUT2D eigenvalue weighted by atomic mass is 10.0. The molecule has 2 N–H and O–H groups in total. The van der Waals surface area contributed by atoms with E-state index in [1.165, 1.54) is 11.1 Å². The number of hydrogen-bond donors (Lipinski definition) is 2. The number of benzene rings is 1. The number of guanidine groups is 1. The molecule has 1 aromatic carbocycles. The van der Waals surface area contributed by atoms with Gasteiger partial charge in [0.2, 0.25) is 0 Å². The maximum atomic E-state index is 4.29.